The molecule has 0 aromatic heterocycles. The van der Waals surface area contributed by atoms with Crippen molar-refractivity contribution in [2.75, 3.05) is 4.90 Å². The van der Waals surface area contributed by atoms with E-state index in [2.05, 4.69) is 29.2 Å². The van der Waals surface area contributed by atoms with Crippen molar-refractivity contribution in [3.63, 3.8) is 0 Å². The Morgan fingerprint density at radius 3 is 1.81 bits per heavy atom. The molecule has 0 saturated carbocycles. The molecule has 0 spiro atoms. The van der Waals surface area contributed by atoms with Gasteiger partial charge in [0.1, 0.15) is 6.04 Å². The molecular weight excluding hydrogens is 336 g/mol. The third kappa shape index (κ3) is 5.19. The number of nitrogens with zero attached hydrogens (tertiary/aromatic N) is 1. The van der Waals surface area contributed by atoms with Crippen LogP contribution in [0.2, 0.25) is 0 Å². The van der Waals surface area contributed by atoms with Crippen LogP contribution in [0.15, 0.2) is 84.9 Å². The monoisotopic (exact) mass is 360 g/mol. The van der Waals surface area contributed by atoms with Gasteiger partial charge >= 0.3 is 5.97 Å². The zero-order valence-corrected chi connectivity index (χ0v) is 15.2. The van der Waals surface area contributed by atoms with Gasteiger partial charge in [-0.25, -0.2) is 0 Å². The maximum Gasteiger partial charge on any atom is 0.320 e. The number of carbonyl (C=O) groups is 1. The lowest BCUT2D eigenvalue weighted by Crippen LogP contribution is -2.33. The number of aliphatic carboxylic acids is 1. The van der Waals surface area contributed by atoms with Gasteiger partial charge in [-0.1, -0.05) is 78.9 Å². The van der Waals surface area contributed by atoms with Gasteiger partial charge in [0.05, 0.1) is 0 Å². The summed E-state index contributed by atoms with van der Waals surface area (Å²) in [5.41, 5.74) is 10.2. The Labute approximate surface area is 159 Å². The van der Waals surface area contributed by atoms with Crippen molar-refractivity contribution in [2.24, 2.45) is 5.73 Å². The van der Waals surface area contributed by atoms with Gasteiger partial charge in [-0.2, -0.15) is 0 Å². The molecule has 0 aliphatic carbocycles. The molecule has 3 aromatic rings. The topological polar surface area (TPSA) is 66.6 Å². The van der Waals surface area contributed by atoms with Crippen molar-refractivity contribution >= 4 is 11.7 Å². The van der Waals surface area contributed by atoms with Crippen LogP contribution in [-0.4, -0.2) is 17.1 Å². The quantitative estimate of drug-likeness (QED) is 0.640. The summed E-state index contributed by atoms with van der Waals surface area (Å²) in [6, 6.07) is 27.5. The third-order valence-corrected chi connectivity index (χ3v) is 4.52. The summed E-state index contributed by atoms with van der Waals surface area (Å²) in [5, 5.41) is 9.20. The minimum Gasteiger partial charge on any atom is -0.480 e. The number of rotatable bonds is 8. The van der Waals surface area contributed by atoms with Crippen LogP contribution in [0.25, 0.3) is 0 Å². The first kappa shape index (κ1) is 18.7. The van der Waals surface area contributed by atoms with E-state index in [9.17, 15) is 9.90 Å². The second-order valence-corrected chi connectivity index (χ2v) is 6.60. The molecule has 0 aliphatic heterocycles. The highest BCUT2D eigenvalue weighted by molar-refractivity contribution is 5.74. The average Bonchev–Trinajstić information content (AvgIpc) is 2.69. The summed E-state index contributed by atoms with van der Waals surface area (Å²) in [5.74, 6) is -0.984. The normalized spacial score (nSPS) is 11.7. The minimum atomic E-state index is -0.984. The molecule has 3 rings (SSSR count). The van der Waals surface area contributed by atoms with Gasteiger partial charge in [0, 0.05) is 25.2 Å². The van der Waals surface area contributed by atoms with Gasteiger partial charge in [0.15, 0.2) is 0 Å². The summed E-state index contributed by atoms with van der Waals surface area (Å²) >= 11 is 0. The Morgan fingerprint density at radius 2 is 1.30 bits per heavy atom. The molecule has 4 heteroatoms. The molecule has 0 radical (unpaired) electrons. The van der Waals surface area contributed by atoms with Crippen molar-refractivity contribution in [1.82, 2.24) is 0 Å². The molecule has 0 saturated heterocycles. The molecular formula is C23H24N2O2. The zero-order valence-electron chi connectivity index (χ0n) is 15.2. The van der Waals surface area contributed by atoms with E-state index in [0.717, 1.165) is 24.3 Å². The number of carboxylic acid groups (broad SMARTS) is 1. The second kappa shape index (κ2) is 9.01. The summed E-state index contributed by atoms with van der Waals surface area (Å²) in [6.45, 7) is 1.46. The summed E-state index contributed by atoms with van der Waals surface area (Å²) < 4.78 is 0. The standard InChI is InChI=1S/C23H24N2O2/c24-21(23(26)27)15-20-13-7-8-14-22(20)25(16-18-9-3-1-4-10-18)17-19-11-5-2-6-12-19/h1-14,21H,15-17,24H2,(H,26,27). The van der Waals surface area contributed by atoms with Crippen molar-refractivity contribution < 1.29 is 9.90 Å². The fourth-order valence-corrected chi connectivity index (χ4v) is 3.15. The highest BCUT2D eigenvalue weighted by atomic mass is 16.4. The molecule has 4 nitrogen and oxygen atoms in total. The van der Waals surface area contributed by atoms with Gasteiger partial charge < -0.3 is 15.7 Å². The fourth-order valence-electron chi connectivity index (χ4n) is 3.15. The predicted octanol–water partition coefficient (Wildman–Crippen LogP) is 3.85. The van der Waals surface area contributed by atoms with Crippen molar-refractivity contribution in [2.45, 2.75) is 25.6 Å². The lowest BCUT2D eigenvalue weighted by Gasteiger charge is -2.28. The van der Waals surface area contributed by atoms with E-state index in [0.29, 0.717) is 6.42 Å². The Hall–Kier alpha value is -3.11. The van der Waals surface area contributed by atoms with Gasteiger partial charge in [-0.05, 0) is 22.8 Å². The molecule has 1 atom stereocenters. The van der Waals surface area contributed by atoms with E-state index in [4.69, 9.17) is 5.73 Å². The number of benzene rings is 3. The van der Waals surface area contributed by atoms with Crippen molar-refractivity contribution in [3.8, 4) is 0 Å². The Bertz CT molecular complexity index is 824. The van der Waals surface area contributed by atoms with Crippen LogP contribution in [-0.2, 0) is 24.3 Å². The first-order chi connectivity index (χ1) is 13.1. The molecule has 27 heavy (non-hydrogen) atoms. The van der Waals surface area contributed by atoms with Crippen LogP contribution in [0.1, 0.15) is 16.7 Å². The first-order valence-corrected chi connectivity index (χ1v) is 9.02. The van der Waals surface area contributed by atoms with E-state index in [1.165, 1.54) is 11.1 Å². The van der Waals surface area contributed by atoms with Crippen molar-refractivity contribution in [1.29, 1.82) is 0 Å². The molecule has 0 fully saturated rings. The van der Waals surface area contributed by atoms with Gasteiger partial charge in [0.25, 0.3) is 0 Å². The Balaban J connectivity index is 1.93. The van der Waals surface area contributed by atoms with Crippen LogP contribution >= 0.6 is 0 Å². The third-order valence-electron chi connectivity index (χ3n) is 4.52. The largest absolute Gasteiger partial charge is 0.480 e. The van der Waals surface area contributed by atoms with E-state index in [1.54, 1.807) is 0 Å². The van der Waals surface area contributed by atoms with E-state index in [-0.39, 0.29) is 0 Å². The van der Waals surface area contributed by atoms with Crippen LogP contribution in [0.5, 0.6) is 0 Å². The van der Waals surface area contributed by atoms with Crippen LogP contribution < -0.4 is 10.6 Å². The lowest BCUT2D eigenvalue weighted by atomic mass is 10.0. The minimum absolute atomic E-state index is 0.297. The van der Waals surface area contributed by atoms with Crippen molar-refractivity contribution in [3.05, 3.63) is 102 Å². The van der Waals surface area contributed by atoms with Crippen LogP contribution in [0.3, 0.4) is 0 Å². The maximum atomic E-state index is 11.2. The van der Waals surface area contributed by atoms with Gasteiger partial charge in [0.2, 0.25) is 0 Å². The second-order valence-electron chi connectivity index (χ2n) is 6.60. The maximum absolute atomic E-state index is 11.2. The number of hydrogen-bond donors (Lipinski definition) is 2. The molecule has 0 heterocycles. The predicted molar refractivity (Wildman–Crippen MR) is 109 cm³/mol. The first-order valence-electron chi connectivity index (χ1n) is 9.02. The zero-order chi connectivity index (χ0) is 19.1. The highest BCUT2D eigenvalue weighted by Gasteiger charge is 2.17. The average molecular weight is 360 g/mol. The van der Waals surface area contributed by atoms with E-state index < -0.39 is 12.0 Å². The van der Waals surface area contributed by atoms with E-state index in [1.807, 2.05) is 60.7 Å². The Morgan fingerprint density at radius 1 is 0.815 bits per heavy atom. The molecule has 0 aliphatic rings. The molecule has 1 unspecified atom stereocenters. The summed E-state index contributed by atoms with van der Waals surface area (Å²) in [7, 11) is 0. The highest BCUT2D eigenvalue weighted by Crippen LogP contribution is 2.25. The van der Waals surface area contributed by atoms with Crippen LogP contribution in [0, 0.1) is 0 Å². The Kier molecular flexibility index (Phi) is 6.23. The number of hydrogen-bond acceptors (Lipinski definition) is 3. The number of anilines is 1. The molecule has 3 aromatic carbocycles. The van der Waals surface area contributed by atoms with Gasteiger partial charge in [-0.15, -0.1) is 0 Å². The molecule has 0 bridgehead atoms. The fraction of sp³-hybridized carbons (Fsp3) is 0.174. The number of para-hydroxylation sites is 1. The van der Waals surface area contributed by atoms with Crippen LogP contribution in [0.4, 0.5) is 5.69 Å². The molecule has 0 amide bonds. The molecule has 3 N–H and O–H groups in total. The number of nitrogens with two attached hydrogens (primary N) is 1. The smallest absolute Gasteiger partial charge is 0.320 e. The van der Waals surface area contributed by atoms with E-state index >= 15 is 0 Å². The molecule has 138 valence electrons. The summed E-state index contributed by atoms with van der Waals surface area (Å²) in [6.07, 6.45) is 0.297. The lowest BCUT2D eigenvalue weighted by molar-refractivity contribution is -0.138. The SMILES string of the molecule is NC(Cc1ccccc1N(Cc1ccccc1)Cc1ccccc1)C(=O)O. The van der Waals surface area contributed by atoms with Gasteiger partial charge in [-0.3, -0.25) is 4.79 Å². The number of carboxylic acids is 1. The summed E-state index contributed by atoms with van der Waals surface area (Å²) in [4.78, 5) is 13.5.